The molecule has 0 amide bonds. The summed E-state index contributed by atoms with van der Waals surface area (Å²) in [5.41, 5.74) is 6.30. The molecule has 0 bridgehead atoms. The topological polar surface area (TPSA) is 107 Å². The number of aromatic nitrogens is 1. The molecule has 0 saturated carbocycles. The molecule has 3 N–H and O–H groups in total. The lowest BCUT2D eigenvalue weighted by Gasteiger charge is -2.12. The van der Waals surface area contributed by atoms with E-state index in [9.17, 15) is 10.1 Å². The number of nitrogens with one attached hydrogen (secondary N) is 1. The number of anilines is 2. The van der Waals surface area contributed by atoms with E-state index in [1.165, 1.54) is 12.1 Å². The number of hydrogen-bond donors (Lipinski definition) is 2. The molecule has 0 aliphatic heterocycles. The molecule has 2 aromatic rings. The van der Waals surface area contributed by atoms with Crippen LogP contribution in [0.4, 0.5) is 17.1 Å². The zero-order chi connectivity index (χ0) is 14.0. The van der Waals surface area contributed by atoms with E-state index in [1.807, 2.05) is 13.8 Å². The Morgan fingerprint density at radius 1 is 1.53 bits per heavy atom. The van der Waals surface area contributed by atoms with E-state index < -0.39 is 4.92 Å². The van der Waals surface area contributed by atoms with E-state index in [2.05, 4.69) is 10.3 Å². The van der Waals surface area contributed by atoms with Gasteiger partial charge in [0, 0.05) is 11.8 Å². The van der Waals surface area contributed by atoms with E-state index in [1.54, 1.807) is 12.3 Å². The summed E-state index contributed by atoms with van der Waals surface area (Å²) in [5, 5.41) is 13.8. The van der Waals surface area contributed by atoms with Crippen LogP contribution in [0.1, 0.15) is 24.6 Å². The number of nitrogens with zero attached hydrogens (tertiary/aromatic N) is 2. The summed E-state index contributed by atoms with van der Waals surface area (Å²) in [5.74, 6) is 1.28. The van der Waals surface area contributed by atoms with Crippen molar-refractivity contribution in [3.8, 4) is 0 Å². The minimum atomic E-state index is -0.514. The molecule has 100 valence electrons. The van der Waals surface area contributed by atoms with Gasteiger partial charge in [-0.15, -0.1) is 0 Å². The van der Waals surface area contributed by atoms with E-state index in [0.717, 1.165) is 5.76 Å². The van der Waals surface area contributed by atoms with Gasteiger partial charge in [0.15, 0.2) is 0 Å². The maximum atomic E-state index is 10.7. The van der Waals surface area contributed by atoms with Gasteiger partial charge in [0.1, 0.15) is 17.5 Å². The number of hydrogen-bond acceptors (Lipinski definition) is 6. The summed E-state index contributed by atoms with van der Waals surface area (Å²) in [6.07, 6.45) is 1.64. The number of aryl methyl sites for hydroxylation is 1. The molecule has 0 fully saturated rings. The van der Waals surface area contributed by atoms with E-state index in [0.29, 0.717) is 11.6 Å². The predicted octanol–water partition coefficient (Wildman–Crippen LogP) is 2.65. The van der Waals surface area contributed by atoms with Gasteiger partial charge in [-0.2, -0.15) is 0 Å². The van der Waals surface area contributed by atoms with Crippen molar-refractivity contribution in [3.63, 3.8) is 0 Å². The Hall–Kier alpha value is -2.57. The van der Waals surface area contributed by atoms with Crippen molar-refractivity contribution in [1.82, 2.24) is 4.98 Å². The molecular formula is C12H14N4O3. The summed E-state index contributed by atoms with van der Waals surface area (Å²) in [6, 6.07) is 4.32. The van der Waals surface area contributed by atoms with Crippen LogP contribution in [0.3, 0.4) is 0 Å². The van der Waals surface area contributed by atoms with Gasteiger partial charge in [0.25, 0.3) is 5.69 Å². The highest BCUT2D eigenvalue weighted by Crippen LogP contribution is 2.27. The highest BCUT2D eigenvalue weighted by atomic mass is 16.6. The Morgan fingerprint density at radius 3 is 2.79 bits per heavy atom. The van der Waals surface area contributed by atoms with Crippen molar-refractivity contribution in [3.05, 3.63) is 46.2 Å². The Morgan fingerprint density at radius 2 is 2.26 bits per heavy atom. The number of oxazole rings is 1. The van der Waals surface area contributed by atoms with E-state index >= 15 is 0 Å². The van der Waals surface area contributed by atoms with Gasteiger partial charge in [-0.1, -0.05) is 0 Å². The van der Waals surface area contributed by atoms with Crippen molar-refractivity contribution in [2.45, 2.75) is 19.9 Å². The summed E-state index contributed by atoms with van der Waals surface area (Å²) < 4.78 is 5.40. The molecule has 1 heterocycles. The zero-order valence-corrected chi connectivity index (χ0v) is 10.6. The first-order valence-electron chi connectivity index (χ1n) is 5.70. The first kappa shape index (κ1) is 12.9. The number of rotatable bonds is 4. The molecule has 1 aromatic heterocycles. The first-order valence-corrected chi connectivity index (χ1v) is 5.70. The predicted molar refractivity (Wildman–Crippen MR) is 70.8 cm³/mol. The van der Waals surface area contributed by atoms with Crippen LogP contribution in [0.2, 0.25) is 0 Å². The Bertz CT molecular complexity index is 609. The van der Waals surface area contributed by atoms with Crippen molar-refractivity contribution >= 4 is 17.1 Å². The molecule has 0 aliphatic carbocycles. The molecule has 0 radical (unpaired) electrons. The number of nitrogens with two attached hydrogens (primary N) is 1. The second kappa shape index (κ2) is 4.97. The smallest absolute Gasteiger partial charge is 0.292 e. The molecule has 19 heavy (non-hydrogen) atoms. The average Bonchev–Trinajstić information content (AvgIpc) is 2.75. The van der Waals surface area contributed by atoms with Crippen LogP contribution < -0.4 is 11.1 Å². The molecule has 7 nitrogen and oxygen atoms in total. The van der Waals surface area contributed by atoms with Gasteiger partial charge in [0.05, 0.1) is 11.1 Å². The second-order valence-electron chi connectivity index (χ2n) is 4.21. The van der Waals surface area contributed by atoms with Gasteiger partial charge in [-0.3, -0.25) is 10.1 Å². The molecule has 1 unspecified atom stereocenters. The zero-order valence-electron chi connectivity index (χ0n) is 10.6. The lowest BCUT2D eigenvalue weighted by molar-refractivity contribution is -0.383. The Balaban J connectivity index is 2.15. The van der Waals surface area contributed by atoms with E-state index in [-0.39, 0.29) is 17.4 Å². The van der Waals surface area contributed by atoms with E-state index in [4.69, 9.17) is 10.2 Å². The lowest BCUT2D eigenvalue weighted by atomic mass is 10.2. The van der Waals surface area contributed by atoms with Gasteiger partial charge in [-0.25, -0.2) is 4.98 Å². The van der Waals surface area contributed by atoms with Crippen molar-refractivity contribution < 1.29 is 9.34 Å². The van der Waals surface area contributed by atoms with Crippen LogP contribution in [-0.2, 0) is 0 Å². The number of nitro benzene ring substituents is 1. The highest BCUT2D eigenvalue weighted by Gasteiger charge is 2.14. The summed E-state index contributed by atoms with van der Waals surface area (Å²) >= 11 is 0. The molecule has 1 atom stereocenters. The van der Waals surface area contributed by atoms with Crippen LogP contribution in [0.15, 0.2) is 28.8 Å². The van der Waals surface area contributed by atoms with Crippen LogP contribution in [-0.4, -0.2) is 9.91 Å². The standard InChI is InChI=1S/C12H14N4O3/c1-7-6-14-12(19-7)8(2)15-9-3-4-11(16(17)18)10(13)5-9/h3-6,8,15H,13H2,1-2H3. The Kier molecular flexibility index (Phi) is 3.37. The number of nitro groups is 1. The lowest BCUT2D eigenvalue weighted by Crippen LogP contribution is -2.07. The van der Waals surface area contributed by atoms with Crippen LogP contribution >= 0.6 is 0 Å². The quantitative estimate of drug-likeness (QED) is 0.498. The largest absolute Gasteiger partial charge is 0.444 e. The third kappa shape index (κ3) is 2.82. The fraction of sp³-hybridized carbons (Fsp3) is 0.250. The molecule has 1 aromatic carbocycles. The maximum Gasteiger partial charge on any atom is 0.292 e. The fourth-order valence-corrected chi connectivity index (χ4v) is 1.69. The number of benzene rings is 1. The van der Waals surface area contributed by atoms with Crippen molar-refractivity contribution in [2.24, 2.45) is 0 Å². The molecule has 0 aliphatic rings. The van der Waals surface area contributed by atoms with Crippen molar-refractivity contribution in [2.75, 3.05) is 11.1 Å². The van der Waals surface area contributed by atoms with Gasteiger partial charge >= 0.3 is 0 Å². The molecule has 7 heteroatoms. The summed E-state index contributed by atoms with van der Waals surface area (Å²) in [6.45, 7) is 3.69. The average molecular weight is 262 g/mol. The summed E-state index contributed by atoms with van der Waals surface area (Å²) in [7, 11) is 0. The third-order valence-electron chi connectivity index (χ3n) is 2.62. The SMILES string of the molecule is Cc1cnc(C(C)Nc2ccc([N+](=O)[O-])c(N)c2)o1. The summed E-state index contributed by atoms with van der Waals surface area (Å²) in [4.78, 5) is 14.3. The van der Waals surface area contributed by atoms with Gasteiger partial charge < -0.3 is 15.5 Å². The molecule has 0 spiro atoms. The molecule has 2 rings (SSSR count). The monoisotopic (exact) mass is 262 g/mol. The minimum Gasteiger partial charge on any atom is -0.444 e. The van der Waals surface area contributed by atoms with Gasteiger partial charge in [-0.05, 0) is 26.0 Å². The molecular weight excluding hydrogens is 248 g/mol. The maximum absolute atomic E-state index is 10.7. The van der Waals surface area contributed by atoms with Crippen LogP contribution in [0.5, 0.6) is 0 Å². The second-order valence-corrected chi connectivity index (χ2v) is 4.21. The fourth-order valence-electron chi connectivity index (χ4n) is 1.69. The molecule has 0 saturated heterocycles. The minimum absolute atomic E-state index is 0.106. The van der Waals surface area contributed by atoms with Crippen LogP contribution in [0.25, 0.3) is 0 Å². The van der Waals surface area contributed by atoms with Crippen molar-refractivity contribution in [1.29, 1.82) is 0 Å². The first-order chi connectivity index (χ1) is 8.97. The highest BCUT2D eigenvalue weighted by molar-refractivity contribution is 5.66. The third-order valence-corrected chi connectivity index (χ3v) is 2.62. The van der Waals surface area contributed by atoms with Gasteiger partial charge in [0.2, 0.25) is 5.89 Å². The van der Waals surface area contributed by atoms with Crippen LogP contribution in [0, 0.1) is 17.0 Å². The normalized spacial score (nSPS) is 12.1. The number of nitrogen functional groups attached to an aromatic ring is 1. The Labute approximate surface area is 109 Å².